The van der Waals surface area contributed by atoms with Crippen LogP contribution >= 0.6 is 23.1 Å². The van der Waals surface area contributed by atoms with Crippen molar-refractivity contribution in [1.29, 1.82) is 0 Å². The Hall–Kier alpha value is -2.35. The van der Waals surface area contributed by atoms with Gasteiger partial charge < -0.3 is 10.1 Å². The van der Waals surface area contributed by atoms with Crippen LogP contribution in [0.25, 0.3) is 16.5 Å². The van der Waals surface area contributed by atoms with E-state index < -0.39 is 0 Å². The summed E-state index contributed by atoms with van der Waals surface area (Å²) in [5.41, 5.74) is 2.59. The molecule has 2 aromatic heterocycles. The molecule has 0 radical (unpaired) electrons. The summed E-state index contributed by atoms with van der Waals surface area (Å²) in [6, 6.07) is 11.7. The van der Waals surface area contributed by atoms with Crippen LogP contribution in [0.1, 0.15) is 10.4 Å². The lowest BCUT2D eigenvalue weighted by Crippen LogP contribution is -2.33. The number of carbonyl (C=O) groups excluding carboxylic acids is 2. The van der Waals surface area contributed by atoms with Crippen molar-refractivity contribution in [2.45, 2.75) is 6.42 Å². The zero-order chi connectivity index (χ0) is 18.8. The number of nitrogens with one attached hydrogen (secondary N) is 1. The molecule has 1 aromatic carbocycles. The molecule has 1 aliphatic rings. The Morgan fingerprint density at radius 3 is 2.74 bits per heavy atom. The SMILES string of the molecule is O=C1C(SCCO)=C(c2cccs2)C(=O)N1CCc1c[nH]c2ccccc12. The number of para-hydroxylation sites is 1. The molecule has 1 aliphatic heterocycles. The van der Waals surface area contributed by atoms with Gasteiger partial charge in [-0.3, -0.25) is 14.5 Å². The number of aliphatic hydroxyl groups excluding tert-OH is 1. The summed E-state index contributed by atoms with van der Waals surface area (Å²) in [7, 11) is 0. The van der Waals surface area contributed by atoms with Crippen molar-refractivity contribution in [3.8, 4) is 0 Å². The second kappa shape index (κ2) is 7.72. The summed E-state index contributed by atoms with van der Waals surface area (Å²) < 4.78 is 0. The summed E-state index contributed by atoms with van der Waals surface area (Å²) in [5.74, 6) is -0.121. The van der Waals surface area contributed by atoms with Crippen molar-refractivity contribution < 1.29 is 14.7 Å². The highest BCUT2D eigenvalue weighted by Gasteiger charge is 2.39. The van der Waals surface area contributed by atoms with Gasteiger partial charge in [0, 0.05) is 34.3 Å². The van der Waals surface area contributed by atoms with Crippen LogP contribution < -0.4 is 0 Å². The number of thiophene rings is 1. The predicted molar refractivity (Wildman–Crippen MR) is 110 cm³/mol. The molecule has 3 aromatic rings. The molecule has 0 atom stereocenters. The van der Waals surface area contributed by atoms with E-state index in [0.29, 0.717) is 29.2 Å². The van der Waals surface area contributed by atoms with E-state index in [0.717, 1.165) is 21.3 Å². The lowest BCUT2D eigenvalue weighted by molar-refractivity contribution is -0.136. The minimum absolute atomic E-state index is 0.0390. The number of aromatic amines is 1. The zero-order valence-electron chi connectivity index (χ0n) is 14.5. The minimum Gasteiger partial charge on any atom is -0.396 e. The third kappa shape index (κ3) is 3.34. The Balaban J connectivity index is 1.57. The van der Waals surface area contributed by atoms with Crippen LogP contribution in [0.3, 0.4) is 0 Å². The Bertz CT molecular complexity index is 1020. The van der Waals surface area contributed by atoms with Gasteiger partial charge in [0.2, 0.25) is 0 Å². The number of thioether (sulfide) groups is 1. The molecule has 0 saturated carbocycles. The Labute approximate surface area is 164 Å². The molecule has 5 nitrogen and oxygen atoms in total. The maximum Gasteiger partial charge on any atom is 0.268 e. The van der Waals surface area contributed by atoms with Crippen LogP contribution in [-0.4, -0.2) is 45.7 Å². The number of benzene rings is 1. The summed E-state index contributed by atoms with van der Waals surface area (Å²) in [4.78, 5) is 31.7. The lowest BCUT2D eigenvalue weighted by atomic mass is 10.1. The molecule has 2 amide bonds. The fraction of sp³-hybridized carbons (Fsp3) is 0.200. The topological polar surface area (TPSA) is 73.4 Å². The van der Waals surface area contributed by atoms with E-state index >= 15 is 0 Å². The highest BCUT2D eigenvalue weighted by Crippen LogP contribution is 2.37. The van der Waals surface area contributed by atoms with Gasteiger partial charge in [-0.1, -0.05) is 24.3 Å². The van der Waals surface area contributed by atoms with Crippen molar-refractivity contribution in [2.75, 3.05) is 18.9 Å². The van der Waals surface area contributed by atoms with Crippen molar-refractivity contribution in [2.24, 2.45) is 0 Å². The molecule has 0 saturated heterocycles. The molecule has 138 valence electrons. The van der Waals surface area contributed by atoms with E-state index in [-0.39, 0.29) is 18.4 Å². The molecule has 0 unspecified atom stereocenters. The van der Waals surface area contributed by atoms with E-state index in [2.05, 4.69) is 4.98 Å². The van der Waals surface area contributed by atoms with Gasteiger partial charge in [0.15, 0.2) is 0 Å². The Kier molecular flexibility index (Phi) is 5.15. The van der Waals surface area contributed by atoms with Gasteiger partial charge in [0.25, 0.3) is 11.8 Å². The van der Waals surface area contributed by atoms with Crippen molar-refractivity contribution in [3.05, 3.63) is 63.3 Å². The summed E-state index contributed by atoms with van der Waals surface area (Å²) in [5, 5.41) is 12.1. The largest absolute Gasteiger partial charge is 0.396 e. The normalized spacial score (nSPS) is 14.8. The number of amides is 2. The van der Waals surface area contributed by atoms with Crippen LogP contribution in [0.4, 0.5) is 0 Å². The first kappa shape index (κ1) is 18.0. The van der Waals surface area contributed by atoms with Crippen molar-refractivity contribution in [1.82, 2.24) is 9.88 Å². The van der Waals surface area contributed by atoms with E-state index in [1.807, 2.05) is 48.0 Å². The maximum absolute atomic E-state index is 13.0. The number of hydrogen-bond acceptors (Lipinski definition) is 5. The number of rotatable bonds is 7. The van der Waals surface area contributed by atoms with Gasteiger partial charge in [-0.05, 0) is 29.5 Å². The number of carbonyl (C=O) groups is 2. The maximum atomic E-state index is 13.0. The van der Waals surface area contributed by atoms with E-state index in [1.54, 1.807) is 0 Å². The molecule has 4 rings (SSSR count). The molecule has 0 aliphatic carbocycles. The summed E-state index contributed by atoms with van der Waals surface area (Å²) in [6.07, 6.45) is 2.53. The van der Waals surface area contributed by atoms with Crippen molar-refractivity contribution >= 4 is 51.4 Å². The zero-order valence-corrected chi connectivity index (χ0v) is 16.1. The van der Waals surface area contributed by atoms with E-state index in [9.17, 15) is 9.59 Å². The number of imide groups is 1. The lowest BCUT2D eigenvalue weighted by Gasteiger charge is -2.14. The average Bonchev–Trinajstić information content (AvgIpc) is 3.39. The molecule has 27 heavy (non-hydrogen) atoms. The van der Waals surface area contributed by atoms with Crippen molar-refractivity contribution in [3.63, 3.8) is 0 Å². The molecule has 0 fully saturated rings. The fourth-order valence-corrected chi connectivity index (χ4v) is 4.95. The molecular weight excluding hydrogens is 380 g/mol. The van der Waals surface area contributed by atoms with Crippen LogP contribution in [0.15, 0.2) is 52.9 Å². The van der Waals surface area contributed by atoms with Crippen LogP contribution in [0.2, 0.25) is 0 Å². The first-order chi connectivity index (χ1) is 13.2. The Morgan fingerprint density at radius 2 is 1.96 bits per heavy atom. The number of nitrogens with zero attached hydrogens (tertiary/aromatic N) is 1. The smallest absolute Gasteiger partial charge is 0.268 e. The molecule has 0 bridgehead atoms. The van der Waals surface area contributed by atoms with Gasteiger partial charge in [0.05, 0.1) is 17.1 Å². The average molecular weight is 399 g/mol. The molecule has 3 heterocycles. The Morgan fingerprint density at radius 1 is 1.11 bits per heavy atom. The standard InChI is InChI=1S/C20H18N2O3S2/c23-9-11-27-18-17(16-6-3-10-26-16)19(24)22(20(18)25)8-7-13-12-21-15-5-2-1-4-14(13)15/h1-6,10,12,21,23H,7-9,11H2. The third-order valence-electron chi connectivity index (χ3n) is 4.51. The highest BCUT2D eigenvalue weighted by atomic mass is 32.2. The van der Waals surface area contributed by atoms with Crippen LogP contribution in [0.5, 0.6) is 0 Å². The van der Waals surface area contributed by atoms with E-state index in [1.165, 1.54) is 28.0 Å². The first-order valence-corrected chi connectivity index (χ1v) is 10.5. The van der Waals surface area contributed by atoms with Crippen LogP contribution in [0, 0.1) is 0 Å². The number of hydrogen-bond donors (Lipinski definition) is 2. The van der Waals surface area contributed by atoms with E-state index in [4.69, 9.17) is 5.11 Å². The van der Waals surface area contributed by atoms with Gasteiger partial charge in [-0.15, -0.1) is 23.1 Å². The highest BCUT2D eigenvalue weighted by molar-refractivity contribution is 8.04. The second-order valence-corrected chi connectivity index (χ2v) is 8.18. The summed E-state index contributed by atoms with van der Waals surface area (Å²) in [6.45, 7) is 0.292. The van der Waals surface area contributed by atoms with Crippen LogP contribution in [-0.2, 0) is 16.0 Å². The molecule has 0 spiro atoms. The molecule has 2 N–H and O–H groups in total. The third-order valence-corrected chi connectivity index (χ3v) is 6.45. The minimum atomic E-state index is -0.262. The summed E-state index contributed by atoms with van der Waals surface area (Å²) >= 11 is 2.69. The monoisotopic (exact) mass is 398 g/mol. The number of aromatic nitrogens is 1. The molecule has 7 heteroatoms. The fourth-order valence-electron chi connectivity index (χ4n) is 3.25. The second-order valence-electron chi connectivity index (χ2n) is 6.12. The number of H-pyrrole nitrogens is 1. The predicted octanol–water partition coefficient (Wildman–Crippen LogP) is 3.28. The van der Waals surface area contributed by atoms with Gasteiger partial charge in [0.1, 0.15) is 0 Å². The van der Waals surface area contributed by atoms with Gasteiger partial charge >= 0.3 is 0 Å². The molecular formula is C20H18N2O3S2. The van der Waals surface area contributed by atoms with Gasteiger partial charge in [-0.25, -0.2) is 0 Å². The quantitative estimate of drug-likeness (QED) is 0.599. The van der Waals surface area contributed by atoms with Gasteiger partial charge in [-0.2, -0.15) is 0 Å². The first-order valence-electron chi connectivity index (χ1n) is 8.63. The number of fused-ring (bicyclic) bond motifs is 1. The number of aliphatic hydroxyl groups is 1.